The quantitative estimate of drug-likeness (QED) is 0.702. The van der Waals surface area contributed by atoms with Gasteiger partial charge in [0.2, 0.25) is 10.0 Å². The molecule has 1 amide bonds. The predicted octanol–water partition coefficient (Wildman–Crippen LogP) is 3.68. The second-order valence-corrected chi connectivity index (χ2v) is 10.4. The van der Waals surface area contributed by atoms with E-state index < -0.39 is 10.0 Å². The lowest BCUT2D eigenvalue weighted by Gasteiger charge is -2.32. The third-order valence-electron chi connectivity index (χ3n) is 5.50. The Hall–Kier alpha value is -2.54. The monoisotopic (exact) mass is 430 g/mol. The van der Waals surface area contributed by atoms with Gasteiger partial charge in [0.1, 0.15) is 5.75 Å². The van der Waals surface area contributed by atoms with Crippen LogP contribution in [0.25, 0.3) is 0 Å². The highest BCUT2D eigenvalue weighted by Crippen LogP contribution is 2.38. The molecule has 0 heterocycles. The number of hydrogen-bond donors (Lipinski definition) is 2. The van der Waals surface area contributed by atoms with Crippen LogP contribution in [0.4, 0.5) is 5.69 Å². The number of carbonyl (C=O) groups excluding carboxylic acids is 1. The van der Waals surface area contributed by atoms with Gasteiger partial charge >= 0.3 is 0 Å². The highest BCUT2D eigenvalue weighted by atomic mass is 32.2. The van der Waals surface area contributed by atoms with E-state index in [1.165, 1.54) is 24.0 Å². The smallest absolute Gasteiger partial charge is 0.258 e. The van der Waals surface area contributed by atoms with Crippen LogP contribution < -0.4 is 14.8 Å². The van der Waals surface area contributed by atoms with Crippen molar-refractivity contribution in [2.75, 3.05) is 17.6 Å². The molecular formula is C23H30N2O4S. The molecule has 2 N–H and O–H groups in total. The predicted molar refractivity (Wildman–Crippen MR) is 119 cm³/mol. The van der Waals surface area contributed by atoms with Crippen LogP contribution >= 0.6 is 0 Å². The van der Waals surface area contributed by atoms with Gasteiger partial charge in [0, 0.05) is 6.54 Å². The molecule has 7 heteroatoms. The summed E-state index contributed by atoms with van der Waals surface area (Å²) < 4.78 is 30.9. The summed E-state index contributed by atoms with van der Waals surface area (Å²) in [6, 6.07) is 11.4. The number of anilines is 1. The van der Waals surface area contributed by atoms with E-state index >= 15 is 0 Å². The highest BCUT2D eigenvalue weighted by Gasteiger charge is 2.27. The van der Waals surface area contributed by atoms with E-state index in [4.69, 9.17) is 4.74 Å². The molecule has 6 nitrogen and oxygen atoms in total. The molecule has 2 aromatic carbocycles. The molecule has 0 saturated heterocycles. The largest absolute Gasteiger partial charge is 0.484 e. The molecule has 0 spiro atoms. The minimum Gasteiger partial charge on any atom is -0.484 e. The van der Waals surface area contributed by atoms with Crippen molar-refractivity contribution in [3.8, 4) is 5.75 Å². The van der Waals surface area contributed by atoms with Crippen LogP contribution in [-0.2, 0) is 33.2 Å². The molecule has 0 radical (unpaired) electrons. The normalized spacial score (nSPS) is 15.2. The van der Waals surface area contributed by atoms with Crippen LogP contribution in [0.5, 0.6) is 5.75 Å². The third kappa shape index (κ3) is 5.75. The first-order valence-electron chi connectivity index (χ1n) is 10.1. The molecule has 30 heavy (non-hydrogen) atoms. The molecule has 0 aromatic heterocycles. The fourth-order valence-corrected chi connectivity index (χ4v) is 4.56. The Morgan fingerprint density at radius 3 is 2.63 bits per heavy atom. The number of nitrogens with one attached hydrogen (secondary N) is 2. The number of carbonyl (C=O) groups is 1. The molecule has 3 rings (SSSR count). The molecule has 1 aliphatic carbocycles. The lowest BCUT2D eigenvalue weighted by Crippen LogP contribution is -2.28. The van der Waals surface area contributed by atoms with Crippen LogP contribution in [0.2, 0.25) is 0 Å². The van der Waals surface area contributed by atoms with Crippen molar-refractivity contribution < 1.29 is 17.9 Å². The van der Waals surface area contributed by atoms with E-state index in [-0.39, 0.29) is 17.9 Å². The Bertz CT molecular complexity index is 1050. The summed E-state index contributed by atoms with van der Waals surface area (Å²) in [4.78, 5) is 12.2. The fraction of sp³-hybridized carbons (Fsp3) is 0.435. The molecule has 0 atom stereocenters. The van der Waals surface area contributed by atoms with E-state index in [2.05, 4.69) is 36.0 Å². The van der Waals surface area contributed by atoms with Crippen molar-refractivity contribution in [1.82, 2.24) is 5.32 Å². The van der Waals surface area contributed by atoms with Gasteiger partial charge in [0.05, 0.1) is 11.9 Å². The zero-order chi connectivity index (χ0) is 21.9. The summed E-state index contributed by atoms with van der Waals surface area (Å²) in [7, 11) is -3.32. The number of rotatable bonds is 7. The van der Waals surface area contributed by atoms with Gasteiger partial charge in [0.15, 0.2) is 6.61 Å². The maximum atomic E-state index is 12.2. The van der Waals surface area contributed by atoms with Crippen LogP contribution in [0, 0.1) is 6.92 Å². The molecule has 0 saturated carbocycles. The van der Waals surface area contributed by atoms with E-state index in [1.54, 1.807) is 12.1 Å². The maximum absolute atomic E-state index is 12.2. The highest BCUT2D eigenvalue weighted by molar-refractivity contribution is 7.92. The Balaban J connectivity index is 1.53. The summed E-state index contributed by atoms with van der Waals surface area (Å²) in [6.07, 6.45) is 4.52. The SMILES string of the molecule is Cc1cc(CNC(=O)COc2ccc3c(c2)CCCC3(C)C)ccc1NS(C)(=O)=O. The summed E-state index contributed by atoms with van der Waals surface area (Å²) in [5.74, 6) is 0.512. The van der Waals surface area contributed by atoms with Gasteiger partial charge in [-0.05, 0) is 72.1 Å². The number of ether oxygens (including phenoxy) is 1. The molecule has 0 fully saturated rings. The van der Waals surface area contributed by atoms with Crippen molar-refractivity contribution in [1.29, 1.82) is 0 Å². The van der Waals surface area contributed by atoms with Crippen LogP contribution in [0.3, 0.4) is 0 Å². The Labute approximate surface area is 179 Å². The summed E-state index contributed by atoms with van der Waals surface area (Å²) >= 11 is 0. The maximum Gasteiger partial charge on any atom is 0.258 e. The first-order valence-corrected chi connectivity index (χ1v) is 12.0. The zero-order valence-corrected chi connectivity index (χ0v) is 18.9. The number of fused-ring (bicyclic) bond motifs is 1. The van der Waals surface area contributed by atoms with Crippen molar-refractivity contribution in [3.63, 3.8) is 0 Å². The van der Waals surface area contributed by atoms with E-state index in [1.807, 2.05) is 19.1 Å². The third-order valence-corrected chi connectivity index (χ3v) is 6.09. The van der Waals surface area contributed by atoms with Crippen molar-refractivity contribution >= 4 is 21.6 Å². The van der Waals surface area contributed by atoms with E-state index in [0.29, 0.717) is 18.0 Å². The van der Waals surface area contributed by atoms with Gasteiger partial charge in [-0.15, -0.1) is 0 Å². The second kappa shape index (κ2) is 8.68. The number of sulfonamides is 1. The molecule has 2 aromatic rings. The lowest BCUT2D eigenvalue weighted by molar-refractivity contribution is -0.123. The average Bonchev–Trinajstić information content (AvgIpc) is 2.65. The molecular weight excluding hydrogens is 400 g/mol. The van der Waals surface area contributed by atoms with Crippen LogP contribution in [-0.4, -0.2) is 27.2 Å². The minimum absolute atomic E-state index is 0.0467. The van der Waals surface area contributed by atoms with Crippen molar-refractivity contribution in [3.05, 3.63) is 58.7 Å². The van der Waals surface area contributed by atoms with E-state index in [0.717, 1.165) is 23.8 Å². The number of amides is 1. The first kappa shape index (κ1) is 22.2. The zero-order valence-electron chi connectivity index (χ0n) is 18.0. The van der Waals surface area contributed by atoms with Gasteiger partial charge in [-0.25, -0.2) is 8.42 Å². The topological polar surface area (TPSA) is 84.5 Å². The lowest BCUT2D eigenvalue weighted by atomic mass is 9.73. The number of benzene rings is 2. The summed E-state index contributed by atoms with van der Waals surface area (Å²) in [5, 5.41) is 2.84. The molecule has 0 aliphatic heterocycles. The van der Waals surface area contributed by atoms with E-state index in [9.17, 15) is 13.2 Å². The molecule has 0 bridgehead atoms. The average molecular weight is 431 g/mol. The second-order valence-electron chi connectivity index (χ2n) is 8.65. The summed E-state index contributed by atoms with van der Waals surface area (Å²) in [6.45, 7) is 6.66. The molecule has 162 valence electrons. The minimum atomic E-state index is -3.32. The van der Waals surface area contributed by atoms with Gasteiger partial charge in [-0.1, -0.05) is 32.0 Å². The van der Waals surface area contributed by atoms with Gasteiger partial charge in [-0.3, -0.25) is 9.52 Å². The summed E-state index contributed by atoms with van der Waals surface area (Å²) in [5.41, 5.74) is 5.08. The number of aryl methyl sites for hydroxylation is 2. The Morgan fingerprint density at radius 1 is 1.17 bits per heavy atom. The van der Waals surface area contributed by atoms with Gasteiger partial charge < -0.3 is 10.1 Å². The van der Waals surface area contributed by atoms with Crippen LogP contribution in [0.15, 0.2) is 36.4 Å². The van der Waals surface area contributed by atoms with Crippen molar-refractivity contribution in [2.45, 2.75) is 52.0 Å². The Kier molecular flexibility index (Phi) is 6.41. The Morgan fingerprint density at radius 2 is 1.93 bits per heavy atom. The van der Waals surface area contributed by atoms with Crippen molar-refractivity contribution in [2.24, 2.45) is 0 Å². The van der Waals surface area contributed by atoms with Crippen LogP contribution in [0.1, 0.15) is 48.9 Å². The molecule has 0 unspecified atom stereocenters. The van der Waals surface area contributed by atoms with Gasteiger partial charge in [-0.2, -0.15) is 0 Å². The standard InChI is InChI=1S/C23H30N2O4S/c1-16-12-17(7-10-21(16)25-30(4,27)28)14-24-22(26)15-29-19-8-9-20-18(13-19)6-5-11-23(20,2)3/h7-10,12-13,25H,5-6,11,14-15H2,1-4H3,(H,24,26). The number of hydrogen-bond acceptors (Lipinski definition) is 4. The fourth-order valence-electron chi connectivity index (χ4n) is 3.93. The first-order chi connectivity index (χ1) is 14.0. The van der Waals surface area contributed by atoms with Gasteiger partial charge in [0.25, 0.3) is 5.91 Å². The molecule has 1 aliphatic rings.